The quantitative estimate of drug-likeness (QED) is 0.246. The second-order valence-electron chi connectivity index (χ2n) is 5.68. The summed E-state index contributed by atoms with van der Waals surface area (Å²) in [7, 11) is 0. The number of hydrogen-bond acceptors (Lipinski definition) is 2. The van der Waals surface area contributed by atoms with Gasteiger partial charge in [0.05, 0.1) is 6.42 Å². The first kappa shape index (κ1) is 16.4. The van der Waals surface area contributed by atoms with Crippen molar-refractivity contribution in [2.75, 3.05) is 0 Å². The molecule has 0 radical (unpaired) electrons. The zero-order valence-electron chi connectivity index (χ0n) is 13.8. The lowest BCUT2D eigenvalue weighted by atomic mass is 10.1. The molecule has 0 saturated carbocycles. The van der Waals surface area contributed by atoms with E-state index in [9.17, 15) is 0 Å². The van der Waals surface area contributed by atoms with E-state index in [0.29, 0.717) is 24.6 Å². The van der Waals surface area contributed by atoms with Gasteiger partial charge in [0.1, 0.15) is 6.61 Å². The van der Waals surface area contributed by atoms with E-state index in [1.807, 2.05) is 66.7 Å². The van der Waals surface area contributed by atoms with Crippen LogP contribution in [0.2, 0.25) is 0 Å². The van der Waals surface area contributed by atoms with E-state index in [-0.39, 0.29) is 0 Å². The predicted octanol–water partition coefficient (Wildman–Crippen LogP) is 1.35. The molecule has 3 rings (SSSR count). The van der Waals surface area contributed by atoms with Crippen molar-refractivity contribution >= 4 is 11.4 Å². The average Bonchev–Trinajstić information content (AvgIpc) is 2.68. The van der Waals surface area contributed by atoms with E-state index in [1.54, 1.807) is 0 Å². The minimum Gasteiger partial charge on any atom is -0.481 e. The molecule has 4 nitrogen and oxygen atoms in total. The highest BCUT2D eigenvalue weighted by atomic mass is 16.5. The number of hydrogen-bond donors (Lipinski definition) is 3. The van der Waals surface area contributed by atoms with Gasteiger partial charge in [0, 0.05) is 5.57 Å². The van der Waals surface area contributed by atoms with Crippen molar-refractivity contribution in [1.82, 2.24) is 0 Å². The van der Waals surface area contributed by atoms with E-state index in [2.05, 4.69) is 16.6 Å². The summed E-state index contributed by atoms with van der Waals surface area (Å²) in [6.45, 7) is 0.457. The van der Waals surface area contributed by atoms with E-state index in [0.717, 1.165) is 22.3 Å². The first-order valence-electron chi connectivity index (χ1n) is 8.02. The maximum Gasteiger partial charge on any atom is 0.267 e. The first-order chi connectivity index (χ1) is 12.2. The Morgan fingerprint density at radius 1 is 0.960 bits per heavy atom. The molecule has 0 aliphatic heterocycles. The summed E-state index contributed by atoms with van der Waals surface area (Å²) in [5.74, 6) is 6.49. The Labute approximate surface area is 147 Å². The number of amidine groups is 1. The van der Waals surface area contributed by atoms with Gasteiger partial charge >= 0.3 is 0 Å². The van der Waals surface area contributed by atoms with Crippen LogP contribution in [0.1, 0.15) is 16.7 Å². The normalized spacial score (nSPS) is 13.4. The van der Waals surface area contributed by atoms with Crippen LogP contribution in [0.3, 0.4) is 0 Å². The molecule has 0 amide bonds. The van der Waals surface area contributed by atoms with E-state index < -0.39 is 0 Å². The molecule has 124 valence electrons. The maximum atomic E-state index is 5.80. The van der Waals surface area contributed by atoms with Crippen LogP contribution in [-0.2, 0) is 17.8 Å². The number of allylic oxidation sites excluding steroid dienone is 3. The molecule has 2 aromatic rings. The Morgan fingerprint density at radius 2 is 1.76 bits per heavy atom. The number of benzene rings is 2. The molecule has 25 heavy (non-hydrogen) atoms. The number of nitrogens with two attached hydrogens (primary N) is 2. The smallest absolute Gasteiger partial charge is 0.267 e. The largest absolute Gasteiger partial charge is 0.481 e. The number of ether oxygens (including phenoxy) is 1. The molecule has 4 heteroatoms. The van der Waals surface area contributed by atoms with Crippen molar-refractivity contribution in [3.05, 3.63) is 101 Å². The fraction of sp³-hybridized carbons (Fsp3) is 0.0952. The summed E-state index contributed by atoms with van der Waals surface area (Å²) in [5.41, 5.74) is 16.2. The Kier molecular flexibility index (Phi) is 5.18. The fourth-order valence-electron chi connectivity index (χ4n) is 2.50. The summed E-state index contributed by atoms with van der Waals surface area (Å²) in [6.07, 6.45) is 4.48. The standard InChI is InChI=1S/C21H19N3O/c22-21(24-23)14-16-5-4-6-17(13-16)15-25-20-11-9-19(10-12-20)18-7-2-1-3-8-18/h1-9,11,13H,14-15,23H2,(H2,22,24)/p+1. The molecule has 0 atom stereocenters. The van der Waals surface area contributed by atoms with E-state index in [1.165, 1.54) is 0 Å². The Morgan fingerprint density at radius 3 is 2.48 bits per heavy atom. The Balaban J connectivity index is 1.69. The van der Waals surface area contributed by atoms with Gasteiger partial charge < -0.3 is 4.74 Å². The van der Waals surface area contributed by atoms with Crippen LogP contribution in [-0.4, -0.2) is 5.84 Å². The Hall–Kier alpha value is -3.45. The zero-order chi connectivity index (χ0) is 17.5. The third kappa shape index (κ3) is 4.52. The lowest BCUT2D eigenvalue weighted by Gasteiger charge is -2.08. The third-order valence-corrected chi connectivity index (χ3v) is 3.77. The second kappa shape index (κ2) is 7.89. The molecule has 1 aliphatic rings. The number of rotatable bonds is 6. The van der Waals surface area contributed by atoms with Crippen LogP contribution >= 0.6 is 0 Å². The average molecular weight is 330 g/mol. The van der Waals surface area contributed by atoms with Crippen LogP contribution in [0.15, 0.2) is 84.0 Å². The van der Waals surface area contributed by atoms with Gasteiger partial charge in [0.15, 0.2) is 5.76 Å². The van der Waals surface area contributed by atoms with Crippen molar-refractivity contribution in [2.45, 2.75) is 13.0 Å². The third-order valence-electron chi connectivity index (χ3n) is 3.77. The van der Waals surface area contributed by atoms with Gasteiger partial charge in [-0.25, -0.2) is 0 Å². The first-order valence-corrected chi connectivity index (χ1v) is 8.02. The monoisotopic (exact) mass is 330 g/mol. The molecule has 0 spiro atoms. The van der Waals surface area contributed by atoms with E-state index in [4.69, 9.17) is 16.3 Å². The van der Waals surface area contributed by atoms with Crippen LogP contribution < -0.4 is 16.7 Å². The summed E-state index contributed by atoms with van der Waals surface area (Å²) in [4.78, 5) is 0. The lowest BCUT2D eigenvalue weighted by Crippen LogP contribution is -2.82. The number of hydrazine groups is 1. The van der Waals surface area contributed by atoms with Gasteiger partial charge in [-0.1, -0.05) is 60.3 Å². The number of hydrazone groups is 1. The van der Waals surface area contributed by atoms with Gasteiger partial charge in [-0.15, -0.1) is 0 Å². The van der Waals surface area contributed by atoms with Crippen molar-refractivity contribution in [1.29, 1.82) is 0 Å². The summed E-state index contributed by atoms with van der Waals surface area (Å²) in [5, 5.41) is 2.46. The maximum absolute atomic E-state index is 5.80. The highest BCUT2D eigenvalue weighted by Gasteiger charge is 2.05. The van der Waals surface area contributed by atoms with Crippen LogP contribution in [0, 0.1) is 0 Å². The molecule has 2 aromatic carbocycles. The summed E-state index contributed by atoms with van der Waals surface area (Å²) < 4.78 is 5.80. The molecule has 0 heterocycles. The van der Waals surface area contributed by atoms with Gasteiger partial charge in [0.2, 0.25) is 0 Å². The molecule has 0 unspecified atom stereocenters. The van der Waals surface area contributed by atoms with Gasteiger partial charge in [-0.2, -0.15) is 5.10 Å². The molecule has 0 bridgehead atoms. The van der Waals surface area contributed by atoms with Crippen LogP contribution in [0.5, 0.6) is 0 Å². The van der Waals surface area contributed by atoms with Crippen molar-refractivity contribution < 1.29 is 9.84 Å². The van der Waals surface area contributed by atoms with Crippen LogP contribution in [0.4, 0.5) is 0 Å². The highest BCUT2D eigenvalue weighted by Crippen LogP contribution is 2.18. The fourth-order valence-corrected chi connectivity index (χ4v) is 2.50. The summed E-state index contributed by atoms with van der Waals surface area (Å²) >= 11 is 0. The van der Waals surface area contributed by atoms with Gasteiger partial charge in [-0.3, -0.25) is 11.6 Å². The van der Waals surface area contributed by atoms with Crippen molar-refractivity contribution in [2.24, 2.45) is 11.6 Å². The van der Waals surface area contributed by atoms with Gasteiger partial charge in [0.25, 0.3) is 5.84 Å². The molecule has 0 fully saturated rings. The summed E-state index contributed by atoms with van der Waals surface area (Å²) in [6, 6.07) is 18.1. The SMILES string of the molecule is N/[NH+]=C(\N)Cc1cccc(COC2=C=C=C(c3ccccc3)C=C2)c1. The molecule has 0 saturated heterocycles. The topological polar surface area (TPSA) is 75.2 Å². The highest BCUT2D eigenvalue weighted by molar-refractivity contribution is 5.77. The zero-order valence-corrected chi connectivity index (χ0v) is 13.8. The Bertz CT molecular complexity index is 913. The molecule has 1 aliphatic carbocycles. The molecule has 0 aromatic heterocycles. The second-order valence-corrected chi connectivity index (χ2v) is 5.68. The van der Waals surface area contributed by atoms with Crippen molar-refractivity contribution in [3.63, 3.8) is 0 Å². The molecule has 5 N–H and O–H groups in total. The van der Waals surface area contributed by atoms with Crippen molar-refractivity contribution in [3.8, 4) is 0 Å². The predicted molar refractivity (Wildman–Crippen MR) is 98.8 cm³/mol. The van der Waals surface area contributed by atoms with Gasteiger partial charge in [-0.05, 0) is 34.6 Å². The molecular weight excluding hydrogens is 310 g/mol. The van der Waals surface area contributed by atoms with E-state index >= 15 is 0 Å². The number of nitrogens with one attached hydrogen (secondary N) is 1. The molecular formula is C21H20N3O+. The minimum absolute atomic E-state index is 0.457. The lowest BCUT2D eigenvalue weighted by molar-refractivity contribution is -0.471. The minimum atomic E-state index is 0.457. The van der Waals surface area contributed by atoms with Crippen LogP contribution in [0.25, 0.3) is 5.57 Å².